The van der Waals surface area contributed by atoms with Crippen molar-refractivity contribution < 1.29 is 9.84 Å². The maximum absolute atomic E-state index is 9.89. The Morgan fingerprint density at radius 2 is 1.46 bits per heavy atom. The molecule has 3 nitrogen and oxygen atoms in total. The van der Waals surface area contributed by atoms with E-state index >= 15 is 0 Å². The number of rotatable bonds is 11. The fourth-order valence-corrected chi connectivity index (χ4v) is 2.69. The highest BCUT2D eigenvalue weighted by molar-refractivity contribution is 5.17. The lowest BCUT2D eigenvalue weighted by Crippen LogP contribution is -2.40. The lowest BCUT2D eigenvalue weighted by Gasteiger charge is -2.30. The van der Waals surface area contributed by atoms with Gasteiger partial charge in [0.2, 0.25) is 0 Å². The van der Waals surface area contributed by atoms with Gasteiger partial charge in [-0.1, -0.05) is 74.0 Å². The molecular formula is C21H29NO2. The Hall–Kier alpha value is -1.68. The van der Waals surface area contributed by atoms with Crippen molar-refractivity contribution in [3.05, 3.63) is 71.8 Å². The van der Waals surface area contributed by atoms with E-state index in [1.54, 1.807) is 0 Å². The highest BCUT2D eigenvalue weighted by Crippen LogP contribution is 2.14. The minimum Gasteiger partial charge on any atom is -0.395 e. The quantitative estimate of drug-likeness (QED) is 0.636. The minimum absolute atomic E-state index is 0.00210. The number of ether oxygens (including phenoxy) is 1. The van der Waals surface area contributed by atoms with Gasteiger partial charge < -0.3 is 9.84 Å². The molecule has 1 atom stereocenters. The van der Waals surface area contributed by atoms with E-state index in [1.165, 1.54) is 11.1 Å². The first kappa shape index (κ1) is 18.7. The summed E-state index contributed by atoms with van der Waals surface area (Å²) in [6.07, 6.45) is 2.19. The third kappa shape index (κ3) is 6.44. The molecule has 0 amide bonds. The van der Waals surface area contributed by atoms with E-state index in [9.17, 15) is 5.11 Å². The van der Waals surface area contributed by atoms with Crippen LogP contribution in [0.3, 0.4) is 0 Å². The van der Waals surface area contributed by atoms with Gasteiger partial charge >= 0.3 is 0 Å². The van der Waals surface area contributed by atoms with Crippen LogP contribution in [0.15, 0.2) is 60.7 Å². The Morgan fingerprint density at radius 3 is 1.92 bits per heavy atom. The van der Waals surface area contributed by atoms with Crippen molar-refractivity contribution in [2.45, 2.75) is 38.9 Å². The van der Waals surface area contributed by atoms with Crippen molar-refractivity contribution in [1.82, 2.24) is 4.90 Å². The van der Waals surface area contributed by atoms with Gasteiger partial charge in [-0.15, -0.1) is 0 Å². The molecule has 2 rings (SSSR count). The van der Waals surface area contributed by atoms with E-state index < -0.39 is 0 Å². The summed E-state index contributed by atoms with van der Waals surface area (Å²) in [6.45, 7) is 5.19. The molecule has 0 aliphatic rings. The van der Waals surface area contributed by atoms with Crippen LogP contribution in [0, 0.1) is 0 Å². The highest BCUT2D eigenvalue weighted by atomic mass is 16.5. The van der Waals surface area contributed by atoms with Gasteiger partial charge in [0.05, 0.1) is 19.3 Å². The first-order valence-corrected chi connectivity index (χ1v) is 8.84. The predicted octanol–water partition coefficient (Wildman–Crippen LogP) is 3.87. The van der Waals surface area contributed by atoms with Gasteiger partial charge in [-0.3, -0.25) is 4.90 Å². The molecule has 24 heavy (non-hydrogen) atoms. The second kappa shape index (κ2) is 11.0. The normalized spacial score (nSPS) is 12.5. The Bertz CT molecular complexity index is 503. The Kier molecular flexibility index (Phi) is 8.53. The molecule has 2 aromatic carbocycles. The summed E-state index contributed by atoms with van der Waals surface area (Å²) < 4.78 is 5.78. The van der Waals surface area contributed by atoms with Crippen LogP contribution in [0.25, 0.3) is 0 Å². The number of hydrogen-bond acceptors (Lipinski definition) is 3. The molecule has 0 bridgehead atoms. The standard InChI is InChI=1S/C21H29NO2/c1-2-3-14-24-18-21(17-23)22(15-19-10-6-4-7-11-19)16-20-12-8-5-9-13-20/h4-13,21,23H,2-3,14-18H2,1H3. The van der Waals surface area contributed by atoms with Crippen molar-refractivity contribution in [1.29, 1.82) is 0 Å². The molecule has 130 valence electrons. The van der Waals surface area contributed by atoms with Gasteiger partial charge in [0.1, 0.15) is 0 Å². The van der Waals surface area contributed by atoms with Gasteiger partial charge in [0.25, 0.3) is 0 Å². The summed E-state index contributed by atoms with van der Waals surface area (Å²) in [7, 11) is 0. The summed E-state index contributed by atoms with van der Waals surface area (Å²) >= 11 is 0. The maximum atomic E-state index is 9.89. The van der Waals surface area contributed by atoms with Gasteiger partial charge in [-0.25, -0.2) is 0 Å². The largest absolute Gasteiger partial charge is 0.395 e. The van der Waals surface area contributed by atoms with Crippen molar-refractivity contribution in [2.24, 2.45) is 0 Å². The first-order chi connectivity index (χ1) is 11.8. The average molecular weight is 327 g/mol. The van der Waals surface area contributed by atoms with Gasteiger partial charge in [-0.05, 0) is 17.5 Å². The molecule has 0 fully saturated rings. The molecule has 0 saturated carbocycles. The van der Waals surface area contributed by atoms with Gasteiger partial charge in [0.15, 0.2) is 0 Å². The van der Waals surface area contributed by atoms with Crippen LogP contribution in [0.2, 0.25) is 0 Å². The lowest BCUT2D eigenvalue weighted by molar-refractivity contribution is 0.0225. The van der Waals surface area contributed by atoms with Gasteiger partial charge in [0, 0.05) is 19.7 Å². The van der Waals surface area contributed by atoms with E-state index in [0.29, 0.717) is 6.61 Å². The monoisotopic (exact) mass is 327 g/mol. The number of aliphatic hydroxyl groups excluding tert-OH is 1. The molecule has 0 saturated heterocycles. The smallest absolute Gasteiger partial charge is 0.0644 e. The molecule has 0 radical (unpaired) electrons. The fourth-order valence-electron chi connectivity index (χ4n) is 2.69. The number of aliphatic hydroxyl groups is 1. The van der Waals surface area contributed by atoms with Crippen LogP contribution in [-0.4, -0.2) is 35.9 Å². The van der Waals surface area contributed by atoms with Crippen LogP contribution >= 0.6 is 0 Å². The molecule has 0 aliphatic heterocycles. The number of nitrogens with zero attached hydrogens (tertiary/aromatic N) is 1. The maximum Gasteiger partial charge on any atom is 0.0644 e. The molecular weight excluding hydrogens is 298 g/mol. The third-order valence-corrected chi connectivity index (χ3v) is 4.14. The molecule has 1 unspecified atom stereocenters. The van der Waals surface area contributed by atoms with Crippen LogP contribution in [0.4, 0.5) is 0 Å². The Morgan fingerprint density at radius 1 is 0.917 bits per heavy atom. The Labute approximate surface area is 145 Å². The van der Waals surface area contributed by atoms with E-state index in [4.69, 9.17) is 4.74 Å². The Balaban J connectivity index is 2.04. The zero-order valence-corrected chi connectivity index (χ0v) is 14.6. The number of hydrogen-bond donors (Lipinski definition) is 1. The second-order valence-corrected chi connectivity index (χ2v) is 6.14. The second-order valence-electron chi connectivity index (χ2n) is 6.14. The highest BCUT2D eigenvalue weighted by Gasteiger charge is 2.18. The number of benzene rings is 2. The summed E-state index contributed by atoms with van der Waals surface area (Å²) in [6, 6.07) is 20.8. The van der Waals surface area contributed by atoms with E-state index in [2.05, 4.69) is 60.4 Å². The fraction of sp³-hybridized carbons (Fsp3) is 0.429. The van der Waals surface area contributed by atoms with Crippen LogP contribution in [-0.2, 0) is 17.8 Å². The molecule has 3 heteroatoms. The number of unbranched alkanes of at least 4 members (excludes halogenated alkanes) is 1. The first-order valence-electron chi connectivity index (χ1n) is 8.84. The molecule has 0 heterocycles. The van der Waals surface area contributed by atoms with E-state index in [0.717, 1.165) is 32.5 Å². The van der Waals surface area contributed by atoms with Crippen LogP contribution in [0.1, 0.15) is 30.9 Å². The topological polar surface area (TPSA) is 32.7 Å². The molecule has 0 spiro atoms. The minimum atomic E-state index is 0.00210. The lowest BCUT2D eigenvalue weighted by atomic mass is 10.1. The van der Waals surface area contributed by atoms with Crippen molar-refractivity contribution in [3.63, 3.8) is 0 Å². The zero-order chi connectivity index (χ0) is 17.0. The molecule has 0 aliphatic carbocycles. The predicted molar refractivity (Wildman–Crippen MR) is 98.7 cm³/mol. The molecule has 1 N–H and O–H groups in total. The van der Waals surface area contributed by atoms with E-state index in [-0.39, 0.29) is 12.6 Å². The van der Waals surface area contributed by atoms with Crippen LogP contribution in [0.5, 0.6) is 0 Å². The SMILES string of the molecule is CCCCOCC(CO)N(Cc1ccccc1)Cc1ccccc1. The van der Waals surface area contributed by atoms with Crippen molar-refractivity contribution in [2.75, 3.05) is 19.8 Å². The third-order valence-electron chi connectivity index (χ3n) is 4.14. The van der Waals surface area contributed by atoms with E-state index in [1.807, 2.05) is 12.1 Å². The van der Waals surface area contributed by atoms with Crippen LogP contribution < -0.4 is 0 Å². The molecule has 2 aromatic rings. The summed E-state index contributed by atoms with van der Waals surface area (Å²) in [4.78, 5) is 2.30. The van der Waals surface area contributed by atoms with Crippen molar-refractivity contribution >= 4 is 0 Å². The molecule has 0 aromatic heterocycles. The summed E-state index contributed by atoms with van der Waals surface area (Å²) in [5.41, 5.74) is 2.50. The van der Waals surface area contributed by atoms with Gasteiger partial charge in [-0.2, -0.15) is 0 Å². The average Bonchev–Trinajstić information content (AvgIpc) is 2.63. The van der Waals surface area contributed by atoms with Crippen molar-refractivity contribution in [3.8, 4) is 0 Å². The zero-order valence-electron chi connectivity index (χ0n) is 14.6. The summed E-state index contributed by atoms with van der Waals surface area (Å²) in [5, 5.41) is 9.89. The summed E-state index contributed by atoms with van der Waals surface area (Å²) in [5.74, 6) is 0.